The number of hydrogen-bond donors (Lipinski definition) is 2. The summed E-state index contributed by atoms with van der Waals surface area (Å²) in [6, 6.07) is 11.1. The van der Waals surface area contributed by atoms with Crippen molar-refractivity contribution >= 4 is 5.96 Å². The molecule has 1 aromatic rings. The van der Waals surface area contributed by atoms with Crippen molar-refractivity contribution in [2.45, 2.75) is 52.6 Å². The third-order valence-electron chi connectivity index (χ3n) is 4.09. The Morgan fingerprint density at radius 2 is 1.64 bits per heavy atom. The molecule has 0 fully saturated rings. The molecular formula is C20H36N4O. The summed E-state index contributed by atoms with van der Waals surface area (Å²) in [6.45, 7) is 12.5. The molecule has 0 amide bonds. The molecule has 1 aromatic carbocycles. The number of benzene rings is 1. The maximum Gasteiger partial charge on any atom is 0.191 e. The predicted octanol–water partition coefficient (Wildman–Crippen LogP) is 3.13. The fourth-order valence-corrected chi connectivity index (χ4v) is 2.78. The van der Waals surface area contributed by atoms with Gasteiger partial charge < -0.3 is 15.4 Å². The zero-order chi connectivity index (χ0) is 18.5. The van der Waals surface area contributed by atoms with Crippen molar-refractivity contribution in [1.29, 1.82) is 0 Å². The molecular weight excluding hydrogens is 312 g/mol. The van der Waals surface area contributed by atoms with E-state index in [0.717, 1.165) is 50.8 Å². The highest BCUT2D eigenvalue weighted by Crippen LogP contribution is 2.08. The molecule has 0 aliphatic heterocycles. The molecule has 0 radical (unpaired) electrons. The quantitative estimate of drug-likeness (QED) is 0.366. The Bertz CT molecular complexity index is 466. The van der Waals surface area contributed by atoms with Crippen molar-refractivity contribution in [3.05, 3.63) is 30.3 Å². The summed E-state index contributed by atoms with van der Waals surface area (Å²) in [5, 5.41) is 6.76. The summed E-state index contributed by atoms with van der Waals surface area (Å²) in [7, 11) is 1.82. The van der Waals surface area contributed by atoms with Crippen LogP contribution in [-0.4, -0.2) is 56.2 Å². The van der Waals surface area contributed by atoms with Crippen LogP contribution in [0.3, 0.4) is 0 Å². The smallest absolute Gasteiger partial charge is 0.191 e. The zero-order valence-electron chi connectivity index (χ0n) is 16.6. The van der Waals surface area contributed by atoms with Gasteiger partial charge in [-0.2, -0.15) is 0 Å². The molecule has 0 bridgehead atoms. The SMILES string of the molecule is CN=C(NCCCCOc1ccccc1)NCCN(C(C)C)C(C)C. The van der Waals surface area contributed by atoms with E-state index in [2.05, 4.69) is 48.2 Å². The maximum atomic E-state index is 5.70. The lowest BCUT2D eigenvalue weighted by Crippen LogP contribution is -2.45. The summed E-state index contributed by atoms with van der Waals surface area (Å²) in [5.41, 5.74) is 0. The van der Waals surface area contributed by atoms with E-state index in [1.54, 1.807) is 0 Å². The van der Waals surface area contributed by atoms with Crippen LogP contribution in [0.1, 0.15) is 40.5 Å². The van der Waals surface area contributed by atoms with Gasteiger partial charge in [-0.25, -0.2) is 0 Å². The fraction of sp³-hybridized carbons (Fsp3) is 0.650. The Kier molecular flexibility index (Phi) is 10.7. The first kappa shape index (κ1) is 21.3. The summed E-state index contributed by atoms with van der Waals surface area (Å²) in [6.07, 6.45) is 2.07. The van der Waals surface area contributed by atoms with Gasteiger partial charge in [0.05, 0.1) is 6.61 Å². The number of rotatable bonds is 11. The minimum atomic E-state index is 0.557. The maximum absolute atomic E-state index is 5.70. The number of aliphatic imine (C=N–C) groups is 1. The van der Waals surface area contributed by atoms with Gasteiger partial charge in [-0.05, 0) is 52.7 Å². The van der Waals surface area contributed by atoms with E-state index >= 15 is 0 Å². The van der Waals surface area contributed by atoms with Gasteiger partial charge in [0, 0.05) is 38.8 Å². The van der Waals surface area contributed by atoms with Crippen LogP contribution in [0.5, 0.6) is 5.75 Å². The third kappa shape index (κ3) is 9.34. The molecule has 0 aromatic heterocycles. The standard InChI is InChI=1S/C20H36N4O/c1-17(2)24(18(3)4)15-14-23-20(21-5)22-13-9-10-16-25-19-11-7-6-8-12-19/h6-8,11-12,17-18H,9-10,13-16H2,1-5H3,(H2,21,22,23). The van der Waals surface area contributed by atoms with E-state index in [0.29, 0.717) is 12.1 Å². The van der Waals surface area contributed by atoms with E-state index in [9.17, 15) is 0 Å². The third-order valence-corrected chi connectivity index (χ3v) is 4.09. The van der Waals surface area contributed by atoms with Gasteiger partial charge in [-0.3, -0.25) is 9.89 Å². The van der Waals surface area contributed by atoms with Gasteiger partial charge in [0.15, 0.2) is 5.96 Å². The van der Waals surface area contributed by atoms with Crippen LogP contribution < -0.4 is 15.4 Å². The number of ether oxygens (including phenoxy) is 1. The number of para-hydroxylation sites is 1. The van der Waals surface area contributed by atoms with Crippen LogP contribution >= 0.6 is 0 Å². The van der Waals surface area contributed by atoms with Gasteiger partial charge in [0.2, 0.25) is 0 Å². The van der Waals surface area contributed by atoms with Crippen molar-refractivity contribution in [2.75, 3.05) is 33.3 Å². The minimum Gasteiger partial charge on any atom is -0.494 e. The van der Waals surface area contributed by atoms with E-state index < -0.39 is 0 Å². The molecule has 0 spiro atoms. The summed E-state index contributed by atoms with van der Waals surface area (Å²) >= 11 is 0. The van der Waals surface area contributed by atoms with E-state index in [1.807, 2.05) is 37.4 Å². The van der Waals surface area contributed by atoms with Gasteiger partial charge >= 0.3 is 0 Å². The predicted molar refractivity (Wildman–Crippen MR) is 108 cm³/mol. The number of nitrogens with zero attached hydrogens (tertiary/aromatic N) is 2. The fourth-order valence-electron chi connectivity index (χ4n) is 2.78. The van der Waals surface area contributed by atoms with Crippen LogP contribution in [0.15, 0.2) is 35.3 Å². The Balaban J connectivity index is 2.11. The summed E-state index contributed by atoms with van der Waals surface area (Å²) < 4.78 is 5.70. The second-order valence-corrected chi connectivity index (χ2v) is 6.72. The summed E-state index contributed by atoms with van der Waals surface area (Å²) in [5.74, 6) is 1.81. The Morgan fingerprint density at radius 3 is 2.24 bits per heavy atom. The van der Waals surface area contributed by atoms with Crippen LogP contribution in [-0.2, 0) is 0 Å². The zero-order valence-corrected chi connectivity index (χ0v) is 16.6. The molecule has 2 N–H and O–H groups in total. The Hall–Kier alpha value is -1.75. The van der Waals surface area contributed by atoms with Crippen molar-refractivity contribution in [1.82, 2.24) is 15.5 Å². The van der Waals surface area contributed by atoms with Gasteiger partial charge in [0.25, 0.3) is 0 Å². The Morgan fingerprint density at radius 1 is 1.00 bits per heavy atom. The van der Waals surface area contributed by atoms with Crippen molar-refractivity contribution in [2.24, 2.45) is 4.99 Å². The molecule has 0 aliphatic carbocycles. The molecule has 0 saturated heterocycles. The topological polar surface area (TPSA) is 48.9 Å². The second-order valence-electron chi connectivity index (χ2n) is 6.72. The lowest BCUT2D eigenvalue weighted by atomic mass is 10.2. The van der Waals surface area contributed by atoms with Crippen molar-refractivity contribution in [3.8, 4) is 5.75 Å². The minimum absolute atomic E-state index is 0.557. The molecule has 25 heavy (non-hydrogen) atoms. The highest BCUT2D eigenvalue weighted by Gasteiger charge is 2.12. The number of hydrogen-bond acceptors (Lipinski definition) is 3. The van der Waals surface area contributed by atoms with Gasteiger partial charge in [-0.15, -0.1) is 0 Å². The summed E-state index contributed by atoms with van der Waals surface area (Å²) in [4.78, 5) is 6.76. The molecule has 0 unspecified atom stereocenters. The molecule has 0 atom stereocenters. The average Bonchev–Trinajstić information content (AvgIpc) is 2.59. The first-order valence-electron chi connectivity index (χ1n) is 9.42. The first-order valence-corrected chi connectivity index (χ1v) is 9.42. The van der Waals surface area contributed by atoms with Crippen LogP contribution in [0.25, 0.3) is 0 Å². The normalized spacial score (nSPS) is 12.1. The number of guanidine groups is 1. The molecule has 1 rings (SSSR count). The molecule has 142 valence electrons. The monoisotopic (exact) mass is 348 g/mol. The largest absolute Gasteiger partial charge is 0.494 e. The highest BCUT2D eigenvalue weighted by molar-refractivity contribution is 5.79. The first-order chi connectivity index (χ1) is 12.0. The van der Waals surface area contributed by atoms with Crippen LogP contribution in [0, 0.1) is 0 Å². The average molecular weight is 349 g/mol. The highest BCUT2D eigenvalue weighted by atomic mass is 16.5. The van der Waals surface area contributed by atoms with E-state index in [1.165, 1.54) is 0 Å². The molecule has 5 heteroatoms. The Labute approximate surface area is 153 Å². The van der Waals surface area contributed by atoms with Crippen molar-refractivity contribution < 1.29 is 4.74 Å². The second kappa shape index (κ2) is 12.6. The molecule has 0 heterocycles. The lowest BCUT2D eigenvalue weighted by Gasteiger charge is -2.30. The van der Waals surface area contributed by atoms with Gasteiger partial charge in [-0.1, -0.05) is 18.2 Å². The van der Waals surface area contributed by atoms with Crippen molar-refractivity contribution in [3.63, 3.8) is 0 Å². The van der Waals surface area contributed by atoms with E-state index in [4.69, 9.17) is 4.74 Å². The van der Waals surface area contributed by atoms with E-state index in [-0.39, 0.29) is 0 Å². The van der Waals surface area contributed by atoms with Crippen LogP contribution in [0.4, 0.5) is 0 Å². The molecule has 0 saturated carbocycles. The number of unbranched alkanes of at least 4 members (excludes halogenated alkanes) is 1. The lowest BCUT2D eigenvalue weighted by molar-refractivity contribution is 0.178. The molecule has 5 nitrogen and oxygen atoms in total. The molecule has 0 aliphatic rings. The van der Waals surface area contributed by atoms with Crippen LogP contribution in [0.2, 0.25) is 0 Å². The van der Waals surface area contributed by atoms with Gasteiger partial charge in [0.1, 0.15) is 5.75 Å². The number of nitrogens with one attached hydrogen (secondary N) is 2.